The number of halogens is 1. The Morgan fingerprint density at radius 3 is 2.30 bits per heavy atom. The lowest BCUT2D eigenvalue weighted by Crippen LogP contribution is -2.27. The van der Waals surface area contributed by atoms with Gasteiger partial charge in [0.15, 0.2) is 0 Å². The molecule has 0 radical (unpaired) electrons. The number of benzene rings is 1. The number of rotatable bonds is 7. The highest BCUT2D eigenvalue weighted by molar-refractivity contribution is 5.85. The van der Waals surface area contributed by atoms with Crippen molar-refractivity contribution < 1.29 is 14.6 Å². The van der Waals surface area contributed by atoms with E-state index >= 15 is 0 Å². The van der Waals surface area contributed by atoms with Crippen LogP contribution in [-0.4, -0.2) is 25.4 Å². The fourth-order valence-corrected chi connectivity index (χ4v) is 1.98. The van der Waals surface area contributed by atoms with E-state index in [4.69, 9.17) is 15.2 Å². The highest BCUT2D eigenvalue weighted by Gasteiger charge is 2.20. The van der Waals surface area contributed by atoms with E-state index in [1.54, 1.807) is 20.3 Å². The average molecular weight is 304 g/mol. The molecule has 116 valence electrons. The number of nitrogens with two attached hydrogens (primary N) is 1. The van der Waals surface area contributed by atoms with Crippen LogP contribution in [0.4, 0.5) is 0 Å². The van der Waals surface area contributed by atoms with Gasteiger partial charge in [-0.15, -0.1) is 12.4 Å². The smallest absolute Gasteiger partial charge is 0.127 e. The van der Waals surface area contributed by atoms with E-state index in [-0.39, 0.29) is 12.4 Å². The Labute approximate surface area is 127 Å². The standard InChI is InChI=1S/C15H25NO3.ClH/c1-10(2)5-8-13(17)15(16)12-7-6-11(18-3)9-14(12)19-4;/h6-7,9-10,13,15,17H,5,8,16H2,1-4H3;1H/t13-,15+;/m0./s1. The van der Waals surface area contributed by atoms with Crippen molar-refractivity contribution in [2.75, 3.05) is 14.2 Å². The van der Waals surface area contributed by atoms with Crippen LogP contribution in [0, 0.1) is 5.92 Å². The Morgan fingerprint density at radius 1 is 1.15 bits per heavy atom. The molecule has 0 saturated heterocycles. The normalized spacial score (nSPS) is 13.6. The van der Waals surface area contributed by atoms with E-state index in [2.05, 4.69) is 13.8 Å². The number of ether oxygens (including phenoxy) is 2. The quantitative estimate of drug-likeness (QED) is 0.813. The second kappa shape index (κ2) is 9.06. The maximum atomic E-state index is 10.2. The molecule has 1 aromatic carbocycles. The summed E-state index contributed by atoms with van der Waals surface area (Å²) in [6, 6.07) is 5.01. The average Bonchev–Trinajstić information content (AvgIpc) is 2.42. The second-order valence-electron chi connectivity index (χ2n) is 5.17. The number of methoxy groups -OCH3 is 2. The van der Waals surface area contributed by atoms with Gasteiger partial charge in [-0.2, -0.15) is 0 Å². The molecule has 3 N–H and O–H groups in total. The summed E-state index contributed by atoms with van der Waals surface area (Å²) in [5, 5.41) is 10.2. The Morgan fingerprint density at radius 2 is 1.80 bits per heavy atom. The van der Waals surface area contributed by atoms with Crippen LogP contribution in [0.3, 0.4) is 0 Å². The molecule has 0 aliphatic heterocycles. The molecule has 1 rings (SSSR count). The van der Waals surface area contributed by atoms with Gasteiger partial charge in [0, 0.05) is 11.6 Å². The van der Waals surface area contributed by atoms with Crippen LogP contribution in [0.15, 0.2) is 18.2 Å². The summed E-state index contributed by atoms with van der Waals surface area (Å²) < 4.78 is 10.5. The molecular weight excluding hydrogens is 278 g/mol. The van der Waals surface area contributed by atoms with Gasteiger partial charge in [-0.25, -0.2) is 0 Å². The largest absolute Gasteiger partial charge is 0.497 e. The molecule has 0 spiro atoms. The molecule has 0 saturated carbocycles. The van der Waals surface area contributed by atoms with Gasteiger partial charge in [-0.3, -0.25) is 0 Å². The van der Waals surface area contributed by atoms with Crippen LogP contribution in [-0.2, 0) is 0 Å². The predicted octanol–water partition coefficient (Wildman–Crippen LogP) is 2.92. The topological polar surface area (TPSA) is 64.7 Å². The van der Waals surface area contributed by atoms with Crippen molar-refractivity contribution in [3.05, 3.63) is 23.8 Å². The fourth-order valence-electron chi connectivity index (χ4n) is 1.98. The van der Waals surface area contributed by atoms with Crippen molar-refractivity contribution in [2.24, 2.45) is 11.7 Å². The van der Waals surface area contributed by atoms with Gasteiger partial charge in [-0.1, -0.05) is 13.8 Å². The molecule has 0 amide bonds. The molecule has 0 fully saturated rings. The fraction of sp³-hybridized carbons (Fsp3) is 0.600. The minimum Gasteiger partial charge on any atom is -0.497 e. The van der Waals surface area contributed by atoms with Crippen molar-refractivity contribution in [3.8, 4) is 11.5 Å². The number of aliphatic hydroxyl groups is 1. The SMILES string of the molecule is COc1ccc([C@@H](N)[C@@H](O)CCC(C)C)c(OC)c1.Cl. The van der Waals surface area contributed by atoms with E-state index in [9.17, 15) is 5.11 Å². The molecule has 2 atom stereocenters. The molecule has 0 heterocycles. The van der Waals surface area contributed by atoms with E-state index in [0.717, 1.165) is 12.0 Å². The minimum absolute atomic E-state index is 0. The van der Waals surface area contributed by atoms with Crippen molar-refractivity contribution >= 4 is 12.4 Å². The Bertz CT molecular complexity index is 399. The molecule has 0 aliphatic carbocycles. The van der Waals surface area contributed by atoms with E-state index in [1.165, 1.54) is 0 Å². The molecule has 5 heteroatoms. The Hall–Kier alpha value is -0.970. The third-order valence-corrected chi connectivity index (χ3v) is 3.25. The third kappa shape index (κ3) is 5.19. The molecule has 4 nitrogen and oxygen atoms in total. The van der Waals surface area contributed by atoms with E-state index in [0.29, 0.717) is 23.8 Å². The lowest BCUT2D eigenvalue weighted by atomic mass is 9.95. The minimum atomic E-state index is -0.565. The summed E-state index contributed by atoms with van der Waals surface area (Å²) in [7, 11) is 3.19. The van der Waals surface area contributed by atoms with Crippen LogP contribution in [0.5, 0.6) is 11.5 Å². The van der Waals surface area contributed by atoms with Gasteiger partial charge in [0.05, 0.1) is 26.4 Å². The summed E-state index contributed by atoms with van der Waals surface area (Å²) in [4.78, 5) is 0. The third-order valence-electron chi connectivity index (χ3n) is 3.25. The molecule has 0 aliphatic rings. The maximum Gasteiger partial charge on any atom is 0.127 e. The highest BCUT2D eigenvalue weighted by atomic mass is 35.5. The van der Waals surface area contributed by atoms with Crippen LogP contribution in [0.1, 0.15) is 38.3 Å². The maximum absolute atomic E-state index is 10.2. The molecule has 1 aromatic rings. The van der Waals surface area contributed by atoms with Crippen molar-refractivity contribution in [2.45, 2.75) is 38.8 Å². The van der Waals surface area contributed by atoms with E-state index in [1.807, 2.05) is 12.1 Å². The zero-order valence-corrected chi connectivity index (χ0v) is 13.4. The molecule has 0 unspecified atom stereocenters. The van der Waals surface area contributed by atoms with Gasteiger partial charge in [0.1, 0.15) is 11.5 Å². The zero-order valence-electron chi connectivity index (χ0n) is 12.6. The first kappa shape index (κ1) is 19.0. The zero-order chi connectivity index (χ0) is 14.4. The molecule has 0 aromatic heterocycles. The lowest BCUT2D eigenvalue weighted by Gasteiger charge is -2.22. The van der Waals surface area contributed by atoms with Gasteiger partial charge < -0.3 is 20.3 Å². The predicted molar refractivity (Wildman–Crippen MR) is 83.8 cm³/mol. The summed E-state index contributed by atoms with van der Waals surface area (Å²) in [6.45, 7) is 4.26. The van der Waals surface area contributed by atoms with Gasteiger partial charge in [-0.05, 0) is 30.9 Å². The first-order valence-electron chi connectivity index (χ1n) is 6.65. The number of hydrogen-bond donors (Lipinski definition) is 2. The van der Waals surface area contributed by atoms with Crippen LogP contribution < -0.4 is 15.2 Å². The van der Waals surface area contributed by atoms with Crippen LogP contribution >= 0.6 is 12.4 Å². The van der Waals surface area contributed by atoms with Crippen LogP contribution in [0.2, 0.25) is 0 Å². The molecule has 0 bridgehead atoms. The molecule has 20 heavy (non-hydrogen) atoms. The Kier molecular flexibility index (Phi) is 8.62. The van der Waals surface area contributed by atoms with Crippen molar-refractivity contribution in [3.63, 3.8) is 0 Å². The first-order valence-corrected chi connectivity index (χ1v) is 6.65. The van der Waals surface area contributed by atoms with Gasteiger partial charge in [0.25, 0.3) is 0 Å². The summed E-state index contributed by atoms with van der Waals surface area (Å²) in [5.41, 5.74) is 6.93. The Balaban J connectivity index is 0.00000361. The van der Waals surface area contributed by atoms with E-state index < -0.39 is 12.1 Å². The monoisotopic (exact) mass is 303 g/mol. The number of aliphatic hydroxyl groups excluding tert-OH is 1. The summed E-state index contributed by atoms with van der Waals surface area (Å²) in [6.07, 6.45) is 1.08. The van der Waals surface area contributed by atoms with Gasteiger partial charge in [0.2, 0.25) is 0 Å². The lowest BCUT2D eigenvalue weighted by molar-refractivity contribution is 0.127. The summed E-state index contributed by atoms with van der Waals surface area (Å²) >= 11 is 0. The molecular formula is C15H26ClNO3. The highest BCUT2D eigenvalue weighted by Crippen LogP contribution is 2.31. The van der Waals surface area contributed by atoms with Crippen molar-refractivity contribution in [1.29, 1.82) is 0 Å². The summed E-state index contributed by atoms with van der Waals surface area (Å²) in [5.74, 6) is 1.92. The first-order chi connectivity index (χ1) is 8.99. The van der Waals surface area contributed by atoms with Crippen molar-refractivity contribution in [1.82, 2.24) is 0 Å². The number of hydrogen-bond acceptors (Lipinski definition) is 4. The van der Waals surface area contributed by atoms with Gasteiger partial charge >= 0.3 is 0 Å². The van der Waals surface area contributed by atoms with Crippen LogP contribution in [0.25, 0.3) is 0 Å². The second-order valence-corrected chi connectivity index (χ2v) is 5.17.